The molecule has 3 N–H and O–H groups in total. The van der Waals surface area contributed by atoms with Gasteiger partial charge in [0.05, 0.1) is 5.54 Å². The molecule has 2 saturated carbocycles. The van der Waals surface area contributed by atoms with Crippen molar-refractivity contribution in [3.8, 4) is 0 Å². The highest BCUT2D eigenvalue weighted by atomic mass is 33.1. The van der Waals surface area contributed by atoms with E-state index in [4.69, 9.17) is 5.73 Å². The number of nitrogens with two attached hydrogens (primary N) is 1. The number of Topliss-reactive ketones (excluding diaryl/α,β-unsaturated/α-hetero) is 1. The number of hydrogen-bond donors (Lipinski definition) is 2. The third-order valence-electron chi connectivity index (χ3n) is 10.5. The van der Waals surface area contributed by atoms with Crippen molar-refractivity contribution in [3.63, 3.8) is 0 Å². The summed E-state index contributed by atoms with van der Waals surface area (Å²) in [5.41, 5.74) is 9.53. The SMILES string of the molecule is CCCCCCC1CCC2CC3=C4CCCC5(CCN=C(N)N5)CSSCCC2(C)C31CC4=O. The van der Waals surface area contributed by atoms with Crippen LogP contribution in [0.2, 0.25) is 0 Å². The summed E-state index contributed by atoms with van der Waals surface area (Å²) in [7, 11) is 4.10. The summed E-state index contributed by atoms with van der Waals surface area (Å²) in [5, 5.41) is 3.56. The molecule has 5 aliphatic rings. The fraction of sp³-hybridized carbons (Fsp3) is 0.857. The molecule has 5 bridgehead atoms. The number of allylic oxidation sites excluding steroid dienone is 2. The highest BCUT2D eigenvalue weighted by Gasteiger charge is 2.67. The topological polar surface area (TPSA) is 67.5 Å². The molecule has 0 aromatic carbocycles. The molecule has 190 valence electrons. The van der Waals surface area contributed by atoms with Gasteiger partial charge >= 0.3 is 0 Å². The van der Waals surface area contributed by atoms with E-state index in [0.717, 1.165) is 56.2 Å². The van der Waals surface area contributed by atoms with Crippen LogP contribution < -0.4 is 11.1 Å². The largest absolute Gasteiger partial charge is 0.370 e. The number of carbonyl (C=O) groups is 1. The second kappa shape index (κ2) is 10.0. The Kier molecular flexibility index (Phi) is 7.39. The Labute approximate surface area is 214 Å². The first-order valence-corrected chi connectivity index (χ1v) is 16.5. The number of guanidine groups is 1. The molecule has 5 rings (SSSR count). The van der Waals surface area contributed by atoms with Crippen molar-refractivity contribution in [3.05, 3.63) is 11.1 Å². The number of nitrogens with one attached hydrogen (secondary N) is 1. The van der Waals surface area contributed by atoms with Crippen LogP contribution in [0.15, 0.2) is 16.1 Å². The Morgan fingerprint density at radius 3 is 2.85 bits per heavy atom. The van der Waals surface area contributed by atoms with Crippen LogP contribution >= 0.6 is 21.6 Å². The van der Waals surface area contributed by atoms with E-state index < -0.39 is 0 Å². The zero-order chi connectivity index (χ0) is 23.8. The smallest absolute Gasteiger partial charge is 0.189 e. The maximum atomic E-state index is 13.7. The summed E-state index contributed by atoms with van der Waals surface area (Å²) in [6.07, 6.45) is 16.9. The highest BCUT2D eigenvalue weighted by Crippen LogP contribution is 2.74. The lowest BCUT2D eigenvalue weighted by molar-refractivity contribution is -0.121. The molecule has 5 atom stereocenters. The van der Waals surface area contributed by atoms with Crippen molar-refractivity contribution in [2.75, 3.05) is 18.1 Å². The summed E-state index contributed by atoms with van der Waals surface area (Å²) in [6, 6.07) is 0. The first kappa shape index (κ1) is 25.0. The number of carbonyl (C=O) groups excluding carboxylic acids is 1. The Morgan fingerprint density at radius 2 is 2.03 bits per heavy atom. The van der Waals surface area contributed by atoms with Crippen LogP contribution in [0.25, 0.3) is 0 Å². The van der Waals surface area contributed by atoms with E-state index in [0.29, 0.717) is 17.2 Å². The molecular weight excluding hydrogens is 458 g/mol. The maximum absolute atomic E-state index is 13.7. The third-order valence-corrected chi connectivity index (χ3v) is 13.0. The molecule has 2 fully saturated rings. The predicted octanol–water partition coefficient (Wildman–Crippen LogP) is 6.65. The first-order valence-electron chi connectivity index (χ1n) is 14.0. The van der Waals surface area contributed by atoms with Crippen LogP contribution in [0.4, 0.5) is 0 Å². The lowest BCUT2D eigenvalue weighted by Gasteiger charge is -2.54. The molecule has 5 unspecified atom stereocenters. The van der Waals surface area contributed by atoms with Gasteiger partial charge in [0, 0.05) is 29.9 Å². The molecule has 0 radical (unpaired) electrons. The van der Waals surface area contributed by atoms with E-state index in [9.17, 15) is 4.79 Å². The van der Waals surface area contributed by atoms with Gasteiger partial charge in [-0.1, -0.05) is 66.7 Å². The molecule has 3 aliphatic carbocycles. The Morgan fingerprint density at radius 1 is 1.15 bits per heavy atom. The summed E-state index contributed by atoms with van der Waals surface area (Å²) < 4.78 is 0. The fourth-order valence-electron chi connectivity index (χ4n) is 8.65. The molecule has 0 aromatic heterocycles. The quantitative estimate of drug-likeness (QED) is 0.325. The summed E-state index contributed by atoms with van der Waals surface area (Å²) in [6.45, 7) is 5.72. The highest BCUT2D eigenvalue weighted by molar-refractivity contribution is 8.76. The molecule has 4 nitrogen and oxygen atoms in total. The molecule has 2 heterocycles. The van der Waals surface area contributed by atoms with E-state index in [1.165, 1.54) is 69.1 Å². The van der Waals surface area contributed by atoms with Crippen molar-refractivity contribution >= 4 is 33.3 Å². The van der Waals surface area contributed by atoms with Gasteiger partial charge in [0.1, 0.15) is 0 Å². The van der Waals surface area contributed by atoms with E-state index in [1.807, 2.05) is 10.8 Å². The van der Waals surface area contributed by atoms with Gasteiger partial charge < -0.3 is 11.1 Å². The minimum atomic E-state index is 0.0305. The van der Waals surface area contributed by atoms with Crippen LogP contribution in [-0.4, -0.2) is 35.3 Å². The number of hydrogen-bond acceptors (Lipinski definition) is 6. The molecule has 2 aliphatic heterocycles. The Balaban J connectivity index is 1.44. The van der Waals surface area contributed by atoms with Gasteiger partial charge in [-0.15, -0.1) is 0 Å². The van der Waals surface area contributed by atoms with Gasteiger partial charge in [-0.25, -0.2) is 0 Å². The number of aliphatic imine (C=N–C) groups is 1. The summed E-state index contributed by atoms with van der Waals surface area (Å²) >= 11 is 0. The minimum absolute atomic E-state index is 0.0305. The van der Waals surface area contributed by atoms with Gasteiger partial charge in [0.25, 0.3) is 0 Å². The van der Waals surface area contributed by atoms with Crippen LogP contribution in [0.3, 0.4) is 0 Å². The lowest BCUT2D eigenvalue weighted by Crippen LogP contribution is -2.56. The van der Waals surface area contributed by atoms with Crippen LogP contribution in [-0.2, 0) is 4.79 Å². The first-order chi connectivity index (χ1) is 16.4. The second-order valence-corrected chi connectivity index (χ2v) is 14.7. The van der Waals surface area contributed by atoms with E-state index in [-0.39, 0.29) is 11.0 Å². The number of unbranched alkanes of at least 4 members (excludes halogenated alkanes) is 3. The Hall–Kier alpha value is -0.620. The molecule has 0 aromatic rings. The average molecular weight is 504 g/mol. The van der Waals surface area contributed by atoms with Crippen molar-refractivity contribution in [2.24, 2.45) is 33.4 Å². The van der Waals surface area contributed by atoms with E-state index in [1.54, 1.807) is 5.57 Å². The van der Waals surface area contributed by atoms with Gasteiger partial charge in [-0.3, -0.25) is 9.79 Å². The second-order valence-electron chi connectivity index (χ2n) is 12.1. The average Bonchev–Trinajstić information content (AvgIpc) is 3.13. The summed E-state index contributed by atoms with van der Waals surface area (Å²) in [5.74, 6) is 4.87. The minimum Gasteiger partial charge on any atom is -0.370 e. The molecule has 34 heavy (non-hydrogen) atoms. The van der Waals surface area contributed by atoms with Crippen LogP contribution in [0.5, 0.6) is 0 Å². The van der Waals surface area contributed by atoms with Crippen LogP contribution in [0.1, 0.15) is 104 Å². The number of nitrogens with zero attached hydrogens (tertiary/aromatic N) is 1. The predicted molar refractivity (Wildman–Crippen MR) is 147 cm³/mol. The molecule has 0 amide bonds. The molecular formula is C28H45N3OS2. The van der Waals surface area contributed by atoms with E-state index in [2.05, 4.69) is 35.0 Å². The van der Waals surface area contributed by atoms with Gasteiger partial charge in [0.15, 0.2) is 11.7 Å². The van der Waals surface area contributed by atoms with E-state index >= 15 is 0 Å². The maximum Gasteiger partial charge on any atom is 0.189 e. The van der Waals surface area contributed by atoms with Crippen molar-refractivity contribution < 1.29 is 4.79 Å². The zero-order valence-electron chi connectivity index (χ0n) is 21.4. The van der Waals surface area contributed by atoms with Crippen molar-refractivity contribution in [1.29, 1.82) is 0 Å². The molecule has 0 saturated heterocycles. The number of rotatable bonds is 5. The normalized spacial score (nSPS) is 40.4. The summed E-state index contributed by atoms with van der Waals surface area (Å²) in [4.78, 5) is 18.1. The third kappa shape index (κ3) is 4.17. The standard InChI is InChI=1S/C28H45N3OS2/c1-3-4-5-6-8-20-10-11-21-17-23-22-9-7-12-27(13-15-30-25(29)31-27)19-34-33-16-14-26(21,2)28(20,23)18-24(22)32/h20-21H,3-19H2,1-2H3,(H3,29,30,31). The number of ketones is 1. The van der Waals surface area contributed by atoms with Crippen LogP contribution in [0, 0.1) is 22.7 Å². The molecule has 6 heteroatoms. The zero-order valence-corrected chi connectivity index (χ0v) is 23.1. The molecule has 2 spiro atoms. The van der Waals surface area contributed by atoms with Gasteiger partial charge in [-0.05, 0) is 80.6 Å². The monoisotopic (exact) mass is 503 g/mol. The van der Waals surface area contributed by atoms with Crippen molar-refractivity contribution in [1.82, 2.24) is 5.32 Å². The Bertz CT molecular complexity index is 857. The van der Waals surface area contributed by atoms with Crippen molar-refractivity contribution in [2.45, 2.75) is 109 Å². The van der Waals surface area contributed by atoms with Gasteiger partial charge in [0.2, 0.25) is 0 Å². The lowest BCUT2D eigenvalue weighted by atomic mass is 9.50. The van der Waals surface area contributed by atoms with Gasteiger partial charge in [-0.2, -0.15) is 0 Å². The fourth-order valence-corrected chi connectivity index (χ4v) is 11.5.